The van der Waals surface area contributed by atoms with Gasteiger partial charge >= 0.3 is 0 Å². The Labute approximate surface area is 116 Å². The highest BCUT2D eigenvalue weighted by Gasteiger charge is 2.07. The molecule has 0 aliphatic heterocycles. The molecule has 0 aromatic heterocycles. The third-order valence-electron chi connectivity index (χ3n) is 2.45. The summed E-state index contributed by atoms with van der Waals surface area (Å²) in [6.07, 6.45) is 0. The normalized spacial score (nSPS) is 10.4. The lowest BCUT2D eigenvalue weighted by atomic mass is 10.2. The van der Waals surface area contributed by atoms with Gasteiger partial charge in [-0.05, 0) is 25.2 Å². The van der Waals surface area contributed by atoms with Crippen LogP contribution in [-0.2, 0) is 6.54 Å². The van der Waals surface area contributed by atoms with Crippen molar-refractivity contribution in [2.75, 3.05) is 7.05 Å². The summed E-state index contributed by atoms with van der Waals surface area (Å²) in [6.45, 7) is 0.731. The first-order valence-corrected chi connectivity index (χ1v) is 6.31. The van der Waals surface area contributed by atoms with Gasteiger partial charge in [0.25, 0.3) is 0 Å². The molecule has 0 unspecified atom stereocenters. The van der Waals surface area contributed by atoms with Crippen molar-refractivity contribution in [1.82, 2.24) is 5.32 Å². The Kier molecular flexibility index (Phi) is 4.48. The van der Waals surface area contributed by atoms with Crippen LogP contribution in [0.4, 0.5) is 0 Å². The standard InChI is InChI=1S/C14H13Cl2NO/c1-17-9-10-4-2-3-5-13(10)18-14-8-11(15)6-7-12(14)16/h2-8,17H,9H2,1H3. The lowest BCUT2D eigenvalue weighted by Gasteiger charge is -2.12. The monoisotopic (exact) mass is 281 g/mol. The van der Waals surface area contributed by atoms with Gasteiger partial charge in [-0.3, -0.25) is 0 Å². The van der Waals surface area contributed by atoms with E-state index in [1.165, 1.54) is 0 Å². The SMILES string of the molecule is CNCc1ccccc1Oc1cc(Cl)ccc1Cl. The molecule has 0 bridgehead atoms. The zero-order valence-corrected chi connectivity index (χ0v) is 11.4. The Morgan fingerprint density at radius 2 is 1.83 bits per heavy atom. The Balaban J connectivity index is 2.30. The van der Waals surface area contributed by atoms with Crippen molar-refractivity contribution in [2.24, 2.45) is 0 Å². The molecule has 2 aromatic carbocycles. The quantitative estimate of drug-likeness (QED) is 0.891. The van der Waals surface area contributed by atoms with E-state index >= 15 is 0 Å². The topological polar surface area (TPSA) is 21.3 Å². The number of hydrogen-bond acceptors (Lipinski definition) is 2. The van der Waals surface area contributed by atoms with Crippen molar-refractivity contribution in [3.8, 4) is 11.5 Å². The third-order valence-corrected chi connectivity index (χ3v) is 3.00. The number of nitrogens with one attached hydrogen (secondary N) is 1. The first-order valence-electron chi connectivity index (χ1n) is 5.56. The van der Waals surface area contributed by atoms with Crippen molar-refractivity contribution in [1.29, 1.82) is 0 Å². The largest absolute Gasteiger partial charge is 0.455 e. The molecule has 2 rings (SSSR count). The van der Waals surface area contributed by atoms with E-state index < -0.39 is 0 Å². The number of benzene rings is 2. The fourth-order valence-corrected chi connectivity index (χ4v) is 1.93. The van der Waals surface area contributed by atoms with Gasteiger partial charge < -0.3 is 10.1 Å². The molecule has 2 nitrogen and oxygen atoms in total. The zero-order valence-electron chi connectivity index (χ0n) is 9.91. The summed E-state index contributed by atoms with van der Waals surface area (Å²) < 4.78 is 5.82. The van der Waals surface area contributed by atoms with Gasteiger partial charge in [-0.1, -0.05) is 41.4 Å². The van der Waals surface area contributed by atoms with Crippen LogP contribution in [-0.4, -0.2) is 7.05 Å². The van der Waals surface area contributed by atoms with Crippen LogP contribution < -0.4 is 10.1 Å². The van der Waals surface area contributed by atoms with E-state index in [1.807, 2.05) is 31.3 Å². The summed E-state index contributed by atoms with van der Waals surface area (Å²) in [5.41, 5.74) is 1.07. The maximum Gasteiger partial charge on any atom is 0.147 e. The molecule has 0 fully saturated rings. The van der Waals surface area contributed by atoms with Crippen LogP contribution in [0.2, 0.25) is 10.0 Å². The minimum Gasteiger partial charge on any atom is -0.455 e. The fourth-order valence-electron chi connectivity index (χ4n) is 1.61. The van der Waals surface area contributed by atoms with Crippen LogP contribution in [0.5, 0.6) is 11.5 Å². The summed E-state index contributed by atoms with van der Waals surface area (Å²) in [5, 5.41) is 4.24. The van der Waals surface area contributed by atoms with Gasteiger partial charge in [0.1, 0.15) is 11.5 Å². The average molecular weight is 282 g/mol. The highest BCUT2D eigenvalue weighted by molar-refractivity contribution is 6.34. The summed E-state index contributed by atoms with van der Waals surface area (Å²) in [4.78, 5) is 0. The molecule has 0 amide bonds. The van der Waals surface area contributed by atoms with Gasteiger partial charge in [0, 0.05) is 23.2 Å². The smallest absolute Gasteiger partial charge is 0.147 e. The number of para-hydroxylation sites is 1. The summed E-state index contributed by atoms with van der Waals surface area (Å²) in [6, 6.07) is 13.0. The molecule has 0 aliphatic carbocycles. The van der Waals surface area contributed by atoms with Crippen LogP contribution in [0.1, 0.15) is 5.56 Å². The predicted molar refractivity (Wildman–Crippen MR) is 75.7 cm³/mol. The lowest BCUT2D eigenvalue weighted by molar-refractivity contribution is 0.474. The van der Waals surface area contributed by atoms with E-state index in [2.05, 4.69) is 5.32 Å². The molecule has 0 atom stereocenters. The van der Waals surface area contributed by atoms with E-state index in [0.717, 1.165) is 17.9 Å². The van der Waals surface area contributed by atoms with Gasteiger partial charge in [0.15, 0.2) is 0 Å². The maximum absolute atomic E-state index is 6.08. The molecule has 0 spiro atoms. The molecule has 94 valence electrons. The lowest BCUT2D eigenvalue weighted by Crippen LogP contribution is -2.06. The predicted octanol–water partition coefficient (Wildman–Crippen LogP) is 4.51. The van der Waals surface area contributed by atoms with Crippen molar-refractivity contribution in [3.05, 3.63) is 58.1 Å². The minimum atomic E-state index is 0.540. The molecule has 0 radical (unpaired) electrons. The summed E-state index contributed by atoms with van der Waals surface area (Å²) >= 11 is 12.0. The summed E-state index contributed by atoms with van der Waals surface area (Å²) in [7, 11) is 1.89. The Morgan fingerprint density at radius 3 is 2.61 bits per heavy atom. The molecule has 1 N–H and O–H groups in total. The summed E-state index contributed by atoms with van der Waals surface area (Å²) in [5.74, 6) is 1.34. The molecular weight excluding hydrogens is 269 g/mol. The average Bonchev–Trinajstić information content (AvgIpc) is 2.36. The first kappa shape index (κ1) is 13.2. The molecule has 4 heteroatoms. The van der Waals surface area contributed by atoms with Crippen molar-refractivity contribution in [2.45, 2.75) is 6.54 Å². The van der Waals surface area contributed by atoms with Crippen molar-refractivity contribution >= 4 is 23.2 Å². The van der Waals surface area contributed by atoms with E-state index in [-0.39, 0.29) is 0 Å². The van der Waals surface area contributed by atoms with Gasteiger partial charge in [0.2, 0.25) is 0 Å². The van der Waals surface area contributed by atoms with E-state index in [0.29, 0.717) is 15.8 Å². The van der Waals surface area contributed by atoms with Crippen LogP contribution in [0.25, 0.3) is 0 Å². The van der Waals surface area contributed by atoms with Gasteiger partial charge in [-0.25, -0.2) is 0 Å². The van der Waals surface area contributed by atoms with E-state index in [4.69, 9.17) is 27.9 Å². The van der Waals surface area contributed by atoms with Crippen LogP contribution in [0, 0.1) is 0 Å². The highest BCUT2D eigenvalue weighted by atomic mass is 35.5. The van der Waals surface area contributed by atoms with Crippen molar-refractivity contribution in [3.63, 3.8) is 0 Å². The van der Waals surface area contributed by atoms with Gasteiger partial charge in [0.05, 0.1) is 5.02 Å². The molecule has 0 aliphatic rings. The van der Waals surface area contributed by atoms with E-state index in [1.54, 1.807) is 18.2 Å². The number of ether oxygens (including phenoxy) is 1. The molecule has 0 heterocycles. The molecular formula is C14H13Cl2NO. The zero-order chi connectivity index (χ0) is 13.0. The maximum atomic E-state index is 6.08. The second-order valence-electron chi connectivity index (χ2n) is 3.81. The second kappa shape index (κ2) is 6.10. The second-order valence-corrected chi connectivity index (χ2v) is 4.66. The molecule has 2 aromatic rings. The Morgan fingerprint density at radius 1 is 1.06 bits per heavy atom. The molecule has 18 heavy (non-hydrogen) atoms. The number of hydrogen-bond donors (Lipinski definition) is 1. The number of halogens is 2. The van der Waals surface area contributed by atoms with Gasteiger partial charge in [-0.15, -0.1) is 0 Å². The van der Waals surface area contributed by atoms with Gasteiger partial charge in [-0.2, -0.15) is 0 Å². The Bertz CT molecular complexity index is 543. The van der Waals surface area contributed by atoms with Crippen LogP contribution >= 0.6 is 23.2 Å². The molecule has 0 saturated carbocycles. The van der Waals surface area contributed by atoms with Crippen LogP contribution in [0.3, 0.4) is 0 Å². The van der Waals surface area contributed by atoms with E-state index in [9.17, 15) is 0 Å². The fraction of sp³-hybridized carbons (Fsp3) is 0.143. The molecule has 0 saturated heterocycles. The van der Waals surface area contributed by atoms with Crippen LogP contribution in [0.15, 0.2) is 42.5 Å². The van der Waals surface area contributed by atoms with Crippen molar-refractivity contribution < 1.29 is 4.74 Å². The number of rotatable bonds is 4. The Hall–Kier alpha value is -1.22. The highest BCUT2D eigenvalue weighted by Crippen LogP contribution is 2.33. The minimum absolute atomic E-state index is 0.540. The first-order chi connectivity index (χ1) is 8.70. The third kappa shape index (κ3) is 3.16.